The molecule has 0 unspecified atom stereocenters. The van der Waals surface area contributed by atoms with Crippen LogP contribution in [0.25, 0.3) is 0 Å². The molecule has 20 heavy (non-hydrogen) atoms. The lowest BCUT2D eigenvalue weighted by molar-refractivity contribution is 0.302. The Labute approximate surface area is 126 Å². The van der Waals surface area contributed by atoms with Crippen LogP contribution in [0.5, 0.6) is 5.75 Å². The molecule has 2 rings (SSSR count). The van der Waals surface area contributed by atoms with Gasteiger partial charge >= 0.3 is 0 Å². The monoisotopic (exact) mass is 334 g/mol. The number of hydrogen-bond donors (Lipinski definition) is 1. The molecule has 0 fully saturated rings. The molecule has 0 spiro atoms. The molecule has 1 N–H and O–H groups in total. The topological polar surface area (TPSA) is 54.7 Å². The Bertz CT molecular complexity index is 614. The van der Waals surface area contributed by atoms with Crippen molar-refractivity contribution in [3.63, 3.8) is 0 Å². The second-order valence-corrected chi connectivity index (χ2v) is 5.11. The Balaban J connectivity index is 2.18. The minimum absolute atomic E-state index is 0.409. The number of halogens is 1. The molecule has 0 aliphatic rings. The quantitative estimate of drug-likeness (QED) is 0.510. The first-order chi connectivity index (χ1) is 9.74. The van der Waals surface area contributed by atoms with Crippen LogP contribution in [0.15, 0.2) is 52.4 Å². The molecule has 5 heteroatoms. The maximum atomic E-state index is 9.04. The van der Waals surface area contributed by atoms with Gasteiger partial charge in [-0.3, -0.25) is 4.98 Å². The second-order valence-electron chi connectivity index (χ2n) is 4.20. The molecule has 0 atom stereocenters. The highest BCUT2D eigenvalue weighted by atomic mass is 79.9. The van der Waals surface area contributed by atoms with Crippen molar-refractivity contribution >= 4 is 21.6 Å². The molecule has 0 saturated carbocycles. The summed E-state index contributed by atoms with van der Waals surface area (Å²) in [6.45, 7) is 2.34. The zero-order valence-electron chi connectivity index (χ0n) is 11.1. The van der Waals surface area contributed by atoms with Crippen LogP contribution in [0, 0.1) is 0 Å². The van der Waals surface area contributed by atoms with E-state index < -0.39 is 0 Å². The van der Waals surface area contributed by atoms with E-state index in [2.05, 4.69) is 26.1 Å². The van der Waals surface area contributed by atoms with Crippen molar-refractivity contribution in [2.24, 2.45) is 5.16 Å². The van der Waals surface area contributed by atoms with Crippen LogP contribution in [0.1, 0.15) is 24.5 Å². The molecule has 0 radical (unpaired) electrons. The molecule has 104 valence electrons. The number of aromatic nitrogens is 1. The van der Waals surface area contributed by atoms with Crippen LogP contribution in [0.2, 0.25) is 0 Å². The summed E-state index contributed by atoms with van der Waals surface area (Å²) >= 11 is 3.38. The summed E-state index contributed by atoms with van der Waals surface area (Å²) in [5.41, 5.74) is 2.38. The summed E-state index contributed by atoms with van der Waals surface area (Å²) in [6.07, 6.45) is 4.12. The minimum atomic E-state index is 0.409. The summed E-state index contributed by atoms with van der Waals surface area (Å²) in [7, 11) is 0. The van der Waals surface area contributed by atoms with Crippen molar-refractivity contribution < 1.29 is 9.94 Å². The van der Waals surface area contributed by atoms with Gasteiger partial charge in [0, 0.05) is 28.0 Å². The minimum Gasteiger partial charge on any atom is -0.488 e. The third-order valence-corrected chi connectivity index (χ3v) is 3.24. The van der Waals surface area contributed by atoms with Gasteiger partial charge in [-0.05, 0) is 40.5 Å². The van der Waals surface area contributed by atoms with Crippen molar-refractivity contribution in [1.82, 2.24) is 4.98 Å². The van der Waals surface area contributed by atoms with Gasteiger partial charge in [-0.25, -0.2) is 0 Å². The number of ether oxygens (including phenoxy) is 1. The number of hydrogen-bond acceptors (Lipinski definition) is 4. The predicted octanol–water partition coefficient (Wildman–Crippen LogP) is 4.01. The van der Waals surface area contributed by atoms with E-state index in [9.17, 15) is 0 Å². The number of pyridine rings is 1. The third kappa shape index (κ3) is 3.57. The van der Waals surface area contributed by atoms with Crippen molar-refractivity contribution in [2.45, 2.75) is 20.0 Å². The molecular formula is C15H15BrN2O2. The van der Waals surface area contributed by atoms with Crippen LogP contribution < -0.4 is 4.74 Å². The SMILES string of the molecule is CC/C(=N/O)c1ccccc1OCc1cncc(Br)c1. The van der Waals surface area contributed by atoms with E-state index in [1.54, 1.807) is 12.4 Å². The van der Waals surface area contributed by atoms with E-state index in [1.165, 1.54) is 0 Å². The number of benzene rings is 1. The largest absolute Gasteiger partial charge is 0.488 e. The van der Waals surface area contributed by atoms with E-state index in [-0.39, 0.29) is 0 Å². The van der Waals surface area contributed by atoms with Gasteiger partial charge in [-0.1, -0.05) is 24.2 Å². The highest BCUT2D eigenvalue weighted by Crippen LogP contribution is 2.21. The van der Waals surface area contributed by atoms with Crippen molar-refractivity contribution in [3.8, 4) is 5.75 Å². The molecule has 0 saturated heterocycles. The van der Waals surface area contributed by atoms with E-state index in [4.69, 9.17) is 9.94 Å². The molecule has 4 nitrogen and oxygen atoms in total. The van der Waals surface area contributed by atoms with Gasteiger partial charge in [0.1, 0.15) is 12.4 Å². The van der Waals surface area contributed by atoms with Gasteiger partial charge in [0.25, 0.3) is 0 Å². The Morgan fingerprint density at radius 1 is 1.35 bits per heavy atom. The standard InChI is InChI=1S/C15H15BrN2O2/c1-2-14(18-19)13-5-3-4-6-15(13)20-10-11-7-12(16)9-17-8-11/h3-9,19H,2,10H2,1H3/b18-14-. The van der Waals surface area contributed by atoms with E-state index in [0.717, 1.165) is 15.6 Å². The predicted molar refractivity (Wildman–Crippen MR) is 81.3 cm³/mol. The van der Waals surface area contributed by atoms with Gasteiger partial charge in [0.2, 0.25) is 0 Å². The van der Waals surface area contributed by atoms with Crippen molar-refractivity contribution in [3.05, 3.63) is 58.3 Å². The van der Waals surface area contributed by atoms with Crippen LogP contribution in [0.3, 0.4) is 0 Å². The highest BCUT2D eigenvalue weighted by Gasteiger charge is 2.09. The Hall–Kier alpha value is -1.88. The average molecular weight is 335 g/mol. The highest BCUT2D eigenvalue weighted by molar-refractivity contribution is 9.10. The summed E-state index contributed by atoms with van der Waals surface area (Å²) in [6, 6.07) is 9.48. The maximum Gasteiger partial charge on any atom is 0.128 e. The first-order valence-electron chi connectivity index (χ1n) is 6.27. The molecule has 1 heterocycles. The number of nitrogens with zero attached hydrogens (tertiary/aromatic N) is 2. The third-order valence-electron chi connectivity index (χ3n) is 2.81. The van der Waals surface area contributed by atoms with E-state index in [1.807, 2.05) is 37.3 Å². The van der Waals surface area contributed by atoms with Gasteiger partial charge in [-0.15, -0.1) is 0 Å². The van der Waals surface area contributed by atoms with Crippen molar-refractivity contribution in [1.29, 1.82) is 0 Å². The fourth-order valence-electron chi connectivity index (χ4n) is 1.84. The summed E-state index contributed by atoms with van der Waals surface area (Å²) < 4.78 is 6.72. The van der Waals surface area contributed by atoms with Crippen LogP contribution >= 0.6 is 15.9 Å². The summed E-state index contributed by atoms with van der Waals surface area (Å²) in [4.78, 5) is 4.10. The first kappa shape index (κ1) is 14.5. The normalized spacial score (nSPS) is 11.4. The molecule has 0 aliphatic heterocycles. The molecule has 2 aromatic rings. The van der Waals surface area contributed by atoms with Gasteiger partial charge in [-0.2, -0.15) is 0 Å². The second kappa shape index (κ2) is 7.05. The lowest BCUT2D eigenvalue weighted by Crippen LogP contribution is -2.04. The Morgan fingerprint density at radius 3 is 2.85 bits per heavy atom. The van der Waals surface area contributed by atoms with Crippen LogP contribution in [0.4, 0.5) is 0 Å². The van der Waals surface area contributed by atoms with E-state index >= 15 is 0 Å². The first-order valence-corrected chi connectivity index (χ1v) is 7.06. The van der Waals surface area contributed by atoms with E-state index in [0.29, 0.717) is 24.5 Å². The van der Waals surface area contributed by atoms with Crippen molar-refractivity contribution in [2.75, 3.05) is 0 Å². The fraction of sp³-hybridized carbons (Fsp3) is 0.200. The zero-order valence-corrected chi connectivity index (χ0v) is 12.7. The average Bonchev–Trinajstić information content (AvgIpc) is 2.48. The number of rotatable bonds is 5. The number of oxime groups is 1. The fourth-order valence-corrected chi connectivity index (χ4v) is 2.25. The molecule has 0 bridgehead atoms. The molecule has 1 aromatic heterocycles. The molecule has 0 amide bonds. The van der Waals surface area contributed by atoms with Gasteiger partial charge < -0.3 is 9.94 Å². The number of para-hydroxylation sites is 1. The smallest absolute Gasteiger partial charge is 0.128 e. The van der Waals surface area contributed by atoms with Crippen LogP contribution in [-0.2, 0) is 6.61 Å². The summed E-state index contributed by atoms with van der Waals surface area (Å²) in [5.74, 6) is 0.696. The maximum absolute atomic E-state index is 9.04. The lowest BCUT2D eigenvalue weighted by atomic mass is 10.1. The molecule has 0 aliphatic carbocycles. The van der Waals surface area contributed by atoms with Gasteiger partial charge in [0.15, 0.2) is 0 Å². The Morgan fingerprint density at radius 2 is 2.15 bits per heavy atom. The zero-order chi connectivity index (χ0) is 14.4. The Kier molecular flexibility index (Phi) is 5.12. The summed E-state index contributed by atoms with van der Waals surface area (Å²) in [5, 5.41) is 12.4. The van der Waals surface area contributed by atoms with Gasteiger partial charge in [0.05, 0.1) is 5.71 Å². The lowest BCUT2D eigenvalue weighted by Gasteiger charge is -2.11. The molecule has 1 aromatic carbocycles. The van der Waals surface area contributed by atoms with Crippen LogP contribution in [-0.4, -0.2) is 15.9 Å². The molecular weight excluding hydrogens is 320 g/mol.